The second kappa shape index (κ2) is 6.06. The molecule has 1 aromatic carbocycles. The summed E-state index contributed by atoms with van der Waals surface area (Å²) in [5.74, 6) is 2.67. The molecule has 142 valence electrons. The molecule has 0 atom stereocenters. The summed E-state index contributed by atoms with van der Waals surface area (Å²) in [7, 11) is 2.16. The molecule has 2 aromatic rings. The normalized spacial score (nSPS) is 31.3. The van der Waals surface area contributed by atoms with Crippen LogP contribution in [0.15, 0.2) is 33.5 Å². The molecule has 0 unspecified atom stereocenters. The summed E-state index contributed by atoms with van der Waals surface area (Å²) < 4.78 is 5.37. The number of benzene rings is 1. The highest BCUT2D eigenvalue weighted by Crippen LogP contribution is 2.57. The zero-order chi connectivity index (χ0) is 18.8. The van der Waals surface area contributed by atoms with Crippen molar-refractivity contribution in [2.45, 2.75) is 51.0 Å². The van der Waals surface area contributed by atoms with Crippen LogP contribution in [0, 0.1) is 24.7 Å². The monoisotopic (exact) mass is 382 g/mol. The third kappa shape index (κ3) is 2.87. The van der Waals surface area contributed by atoms with Gasteiger partial charge in [0.25, 0.3) is 0 Å². The highest BCUT2D eigenvalue weighted by Gasteiger charge is 2.53. The molecule has 0 saturated heterocycles. The van der Waals surface area contributed by atoms with Gasteiger partial charge in [-0.3, -0.25) is 0 Å². The number of anilines is 1. The Balaban J connectivity index is 1.39. The molecule has 0 aliphatic heterocycles. The standard InChI is InChI=1S/C22H26N2O2S/c1-13-5-20(25)26-19-9-17(3-4-18(13)19)23-21(27)24(2)22-10-14-6-15(11-22)8-16(7-14)12-22/h3-5,9,14-16H,6-8,10-12H2,1-2H3,(H,23,27). The van der Waals surface area contributed by atoms with Crippen molar-refractivity contribution in [3.05, 3.63) is 40.2 Å². The Bertz CT molecular complexity index is 945. The van der Waals surface area contributed by atoms with Crippen molar-refractivity contribution in [1.82, 2.24) is 4.90 Å². The first-order chi connectivity index (χ1) is 12.9. The lowest BCUT2D eigenvalue weighted by molar-refractivity contribution is -0.0538. The topological polar surface area (TPSA) is 45.5 Å². The number of aryl methyl sites for hydroxylation is 1. The van der Waals surface area contributed by atoms with Crippen molar-refractivity contribution in [2.75, 3.05) is 12.4 Å². The van der Waals surface area contributed by atoms with Crippen LogP contribution in [0.4, 0.5) is 5.69 Å². The third-order valence-corrected chi connectivity index (χ3v) is 7.60. The second-order valence-electron chi connectivity index (χ2n) is 9.09. The zero-order valence-corrected chi connectivity index (χ0v) is 16.8. The predicted octanol–water partition coefficient (Wildman–Crippen LogP) is 4.70. The first-order valence-electron chi connectivity index (χ1n) is 10.0. The van der Waals surface area contributed by atoms with Gasteiger partial charge in [0.1, 0.15) is 5.58 Å². The number of hydrogen-bond donors (Lipinski definition) is 1. The largest absolute Gasteiger partial charge is 0.423 e. The van der Waals surface area contributed by atoms with Crippen LogP contribution in [-0.4, -0.2) is 22.6 Å². The Kier molecular flexibility index (Phi) is 3.87. The van der Waals surface area contributed by atoms with Crippen molar-refractivity contribution in [2.24, 2.45) is 17.8 Å². The van der Waals surface area contributed by atoms with Crippen LogP contribution < -0.4 is 10.9 Å². The molecule has 1 N–H and O–H groups in total. The fourth-order valence-electron chi connectivity index (χ4n) is 6.30. The molecule has 4 nitrogen and oxygen atoms in total. The molecule has 4 bridgehead atoms. The molecule has 6 rings (SSSR count). The lowest BCUT2D eigenvalue weighted by Gasteiger charge is -2.60. The van der Waals surface area contributed by atoms with Gasteiger partial charge in [0.2, 0.25) is 0 Å². The Morgan fingerprint density at radius 2 is 1.78 bits per heavy atom. The smallest absolute Gasteiger partial charge is 0.336 e. The summed E-state index contributed by atoms with van der Waals surface area (Å²) in [5.41, 5.74) is 2.33. The van der Waals surface area contributed by atoms with E-state index in [-0.39, 0.29) is 11.2 Å². The summed E-state index contributed by atoms with van der Waals surface area (Å²) in [5, 5.41) is 5.12. The maximum Gasteiger partial charge on any atom is 0.336 e. The van der Waals surface area contributed by atoms with E-state index in [0.29, 0.717) is 5.58 Å². The summed E-state index contributed by atoms with van der Waals surface area (Å²) in [4.78, 5) is 14.0. The van der Waals surface area contributed by atoms with Gasteiger partial charge in [-0.15, -0.1) is 0 Å². The molecule has 27 heavy (non-hydrogen) atoms. The van der Waals surface area contributed by atoms with Crippen LogP contribution in [0.3, 0.4) is 0 Å². The molecule has 5 heteroatoms. The minimum Gasteiger partial charge on any atom is -0.423 e. The van der Waals surface area contributed by atoms with E-state index in [0.717, 1.165) is 39.5 Å². The molecule has 4 aliphatic carbocycles. The van der Waals surface area contributed by atoms with E-state index in [1.165, 1.54) is 44.6 Å². The van der Waals surface area contributed by atoms with Gasteiger partial charge in [-0.2, -0.15) is 0 Å². The minimum atomic E-state index is -0.314. The average molecular weight is 383 g/mol. The van der Waals surface area contributed by atoms with Gasteiger partial charge in [0.15, 0.2) is 5.11 Å². The zero-order valence-electron chi connectivity index (χ0n) is 16.0. The lowest BCUT2D eigenvalue weighted by atomic mass is 9.52. The number of nitrogens with zero attached hydrogens (tertiary/aromatic N) is 1. The fourth-order valence-corrected chi connectivity index (χ4v) is 6.61. The van der Waals surface area contributed by atoms with Gasteiger partial charge < -0.3 is 14.6 Å². The SMILES string of the molecule is Cc1cc(=O)oc2cc(NC(=S)N(C)C34CC5CC(CC(C5)C3)C4)ccc12. The Morgan fingerprint density at radius 1 is 1.15 bits per heavy atom. The molecule has 0 spiro atoms. The summed E-state index contributed by atoms with van der Waals surface area (Å²) in [6.07, 6.45) is 8.12. The number of nitrogens with one attached hydrogen (secondary N) is 1. The van der Waals surface area contributed by atoms with Gasteiger partial charge in [-0.25, -0.2) is 4.79 Å². The van der Waals surface area contributed by atoms with E-state index in [1.807, 2.05) is 25.1 Å². The summed E-state index contributed by atoms with van der Waals surface area (Å²) >= 11 is 5.79. The third-order valence-electron chi connectivity index (χ3n) is 7.22. The van der Waals surface area contributed by atoms with Crippen LogP contribution >= 0.6 is 12.2 Å². The van der Waals surface area contributed by atoms with Crippen LogP contribution in [0.5, 0.6) is 0 Å². The number of thiocarbonyl (C=S) groups is 1. The highest BCUT2D eigenvalue weighted by molar-refractivity contribution is 7.80. The number of fused-ring (bicyclic) bond motifs is 1. The van der Waals surface area contributed by atoms with E-state index in [2.05, 4.69) is 17.3 Å². The molecule has 0 radical (unpaired) electrons. The Labute approximate surface area is 164 Å². The molecule has 0 amide bonds. The number of hydrogen-bond acceptors (Lipinski definition) is 3. The van der Waals surface area contributed by atoms with Crippen LogP contribution in [-0.2, 0) is 0 Å². The van der Waals surface area contributed by atoms with Crippen molar-refractivity contribution >= 4 is 34.0 Å². The maximum absolute atomic E-state index is 11.7. The molecule has 1 heterocycles. The van der Waals surface area contributed by atoms with Crippen molar-refractivity contribution in [3.8, 4) is 0 Å². The quantitative estimate of drug-likeness (QED) is 0.603. The van der Waals surface area contributed by atoms with Crippen molar-refractivity contribution in [1.29, 1.82) is 0 Å². The van der Waals surface area contributed by atoms with Gasteiger partial charge in [-0.05, 0) is 93.1 Å². The first kappa shape index (κ1) is 17.2. The summed E-state index contributed by atoms with van der Waals surface area (Å²) in [6, 6.07) is 7.41. The van der Waals surface area contributed by atoms with Crippen LogP contribution in [0.2, 0.25) is 0 Å². The summed E-state index contributed by atoms with van der Waals surface area (Å²) in [6.45, 7) is 1.93. The van der Waals surface area contributed by atoms with Crippen molar-refractivity contribution < 1.29 is 4.42 Å². The van der Waals surface area contributed by atoms with Gasteiger partial charge in [0.05, 0.1) is 0 Å². The van der Waals surface area contributed by atoms with E-state index in [1.54, 1.807) is 0 Å². The van der Waals surface area contributed by atoms with E-state index in [9.17, 15) is 4.79 Å². The molecule has 4 saturated carbocycles. The molecule has 4 fully saturated rings. The van der Waals surface area contributed by atoms with E-state index < -0.39 is 0 Å². The van der Waals surface area contributed by atoms with Crippen molar-refractivity contribution in [3.63, 3.8) is 0 Å². The van der Waals surface area contributed by atoms with Gasteiger partial charge in [-0.1, -0.05) is 0 Å². The second-order valence-corrected chi connectivity index (χ2v) is 9.48. The van der Waals surface area contributed by atoms with E-state index in [4.69, 9.17) is 16.6 Å². The molecule has 1 aromatic heterocycles. The van der Waals surface area contributed by atoms with Gasteiger partial charge >= 0.3 is 5.63 Å². The fraction of sp³-hybridized carbons (Fsp3) is 0.545. The number of rotatable bonds is 2. The maximum atomic E-state index is 11.7. The molecular weight excluding hydrogens is 356 g/mol. The minimum absolute atomic E-state index is 0.235. The molecular formula is C22H26N2O2S. The molecule has 4 aliphatic rings. The Morgan fingerprint density at radius 3 is 2.41 bits per heavy atom. The Hall–Kier alpha value is -1.88. The van der Waals surface area contributed by atoms with Crippen LogP contribution in [0.25, 0.3) is 11.0 Å². The highest BCUT2D eigenvalue weighted by atomic mass is 32.1. The lowest BCUT2D eigenvalue weighted by Crippen LogP contribution is -2.60. The van der Waals surface area contributed by atoms with E-state index >= 15 is 0 Å². The first-order valence-corrected chi connectivity index (χ1v) is 10.4. The predicted molar refractivity (Wildman–Crippen MR) is 112 cm³/mol. The average Bonchev–Trinajstić information content (AvgIpc) is 2.59. The van der Waals surface area contributed by atoms with Gasteiger partial charge in [0, 0.05) is 35.8 Å². The van der Waals surface area contributed by atoms with Crippen LogP contribution in [0.1, 0.15) is 44.1 Å².